The van der Waals surface area contributed by atoms with Gasteiger partial charge in [0.15, 0.2) is 5.69 Å². The summed E-state index contributed by atoms with van der Waals surface area (Å²) in [7, 11) is 0. The number of aryl methyl sites for hydroxylation is 1. The van der Waals surface area contributed by atoms with Crippen LogP contribution in [0.3, 0.4) is 0 Å². The molecule has 1 rings (SSSR count). The highest BCUT2D eigenvalue weighted by molar-refractivity contribution is 5.92. The zero-order valence-electron chi connectivity index (χ0n) is 13.5. The summed E-state index contributed by atoms with van der Waals surface area (Å²) in [5, 5.41) is 0. The SMILES string of the molecule is CCOC(=O)c1nc(CC)n(CCCCOC(C)C)c1N. The van der Waals surface area contributed by atoms with Gasteiger partial charge in [-0.25, -0.2) is 9.78 Å². The van der Waals surface area contributed by atoms with Crippen molar-refractivity contribution >= 4 is 11.8 Å². The molecule has 0 aliphatic rings. The van der Waals surface area contributed by atoms with E-state index in [1.165, 1.54) is 0 Å². The number of nitrogens with zero attached hydrogens (tertiary/aromatic N) is 2. The fraction of sp³-hybridized carbons (Fsp3) is 0.733. The standard InChI is InChI=1S/C15H27N3O3/c1-5-12-17-13(15(19)20-6-2)14(16)18(12)9-7-8-10-21-11(3)4/h11H,5-10,16H2,1-4H3. The summed E-state index contributed by atoms with van der Waals surface area (Å²) in [6.07, 6.45) is 2.87. The van der Waals surface area contributed by atoms with Crippen LogP contribution in [0.5, 0.6) is 0 Å². The Balaban J connectivity index is 2.66. The van der Waals surface area contributed by atoms with Crippen LogP contribution in [0.1, 0.15) is 56.8 Å². The van der Waals surface area contributed by atoms with Gasteiger partial charge >= 0.3 is 5.97 Å². The summed E-state index contributed by atoms with van der Waals surface area (Å²) in [6.45, 7) is 9.60. The Labute approximate surface area is 126 Å². The first kappa shape index (κ1) is 17.5. The monoisotopic (exact) mass is 297 g/mol. The van der Waals surface area contributed by atoms with E-state index in [-0.39, 0.29) is 11.8 Å². The number of rotatable bonds is 9. The molecule has 120 valence electrons. The first-order valence-electron chi connectivity index (χ1n) is 7.64. The molecule has 0 unspecified atom stereocenters. The topological polar surface area (TPSA) is 79.4 Å². The molecule has 0 aliphatic heterocycles. The Kier molecular flexibility index (Phi) is 7.22. The Morgan fingerprint density at radius 2 is 2.05 bits per heavy atom. The van der Waals surface area contributed by atoms with Gasteiger partial charge in [-0.15, -0.1) is 0 Å². The summed E-state index contributed by atoms with van der Waals surface area (Å²) in [6, 6.07) is 0. The highest BCUT2D eigenvalue weighted by Gasteiger charge is 2.20. The van der Waals surface area contributed by atoms with Gasteiger partial charge in [0.2, 0.25) is 0 Å². The lowest BCUT2D eigenvalue weighted by atomic mass is 10.3. The normalized spacial score (nSPS) is 11.1. The Morgan fingerprint density at radius 3 is 2.62 bits per heavy atom. The Bertz CT molecular complexity index is 455. The van der Waals surface area contributed by atoms with Gasteiger partial charge in [-0.05, 0) is 33.6 Å². The average Bonchev–Trinajstić information content (AvgIpc) is 2.75. The number of aromatic nitrogens is 2. The lowest BCUT2D eigenvalue weighted by Crippen LogP contribution is -2.11. The maximum Gasteiger partial charge on any atom is 0.360 e. The summed E-state index contributed by atoms with van der Waals surface area (Å²) in [5.41, 5.74) is 6.27. The van der Waals surface area contributed by atoms with E-state index in [0.29, 0.717) is 12.4 Å². The van der Waals surface area contributed by atoms with E-state index in [1.54, 1.807) is 6.92 Å². The zero-order chi connectivity index (χ0) is 15.8. The van der Waals surface area contributed by atoms with Gasteiger partial charge in [0.25, 0.3) is 0 Å². The number of carbonyl (C=O) groups is 1. The maximum absolute atomic E-state index is 11.8. The van der Waals surface area contributed by atoms with Crippen molar-refractivity contribution in [1.82, 2.24) is 9.55 Å². The van der Waals surface area contributed by atoms with E-state index in [9.17, 15) is 4.79 Å². The van der Waals surface area contributed by atoms with E-state index in [0.717, 1.165) is 38.2 Å². The minimum atomic E-state index is -0.452. The number of nitrogens with two attached hydrogens (primary N) is 1. The molecule has 0 bridgehead atoms. The van der Waals surface area contributed by atoms with Crippen molar-refractivity contribution in [3.63, 3.8) is 0 Å². The van der Waals surface area contributed by atoms with Crippen LogP contribution in [0.25, 0.3) is 0 Å². The summed E-state index contributed by atoms with van der Waals surface area (Å²) < 4.78 is 12.4. The first-order valence-corrected chi connectivity index (χ1v) is 7.64. The molecule has 0 spiro atoms. The molecule has 0 amide bonds. The van der Waals surface area contributed by atoms with Crippen molar-refractivity contribution in [2.24, 2.45) is 0 Å². The molecule has 0 saturated heterocycles. The zero-order valence-corrected chi connectivity index (χ0v) is 13.5. The molecule has 6 nitrogen and oxygen atoms in total. The Morgan fingerprint density at radius 1 is 1.33 bits per heavy atom. The molecule has 2 N–H and O–H groups in total. The first-order chi connectivity index (χ1) is 10.0. The van der Waals surface area contributed by atoms with Crippen LogP contribution in [0.4, 0.5) is 5.82 Å². The molecule has 0 fully saturated rings. The fourth-order valence-corrected chi connectivity index (χ4v) is 2.07. The van der Waals surface area contributed by atoms with Crippen LogP contribution in [0.15, 0.2) is 0 Å². The molecule has 1 aromatic heterocycles. The summed E-state index contributed by atoms with van der Waals surface area (Å²) >= 11 is 0. The van der Waals surface area contributed by atoms with E-state index >= 15 is 0 Å². The van der Waals surface area contributed by atoms with Gasteiger partial charge in [-0.3, -0.25) is 0 Å². The quantitative estimate of drug-likeness (QED) is 0.559. The minimum Gasteiger partial charge on any atom is -0.461 e. The number of imidazole rings is 1. The predicted octanol–water partition coefficient (Wildman–Crippen LogP) is 2.41. The summed E-state index contributed by atoms with van der Waals surface area (Å²) in [5.74, 6) is 0.766. The number of ether oxygens (including phenoxy) is 2. The number of esters is 1. The molecule has 1 aromatic rings. The third-order valence-corrected chi connectivity index (χ3v) is 3.10. The van der Waals surface area contributed by atoms with Gasteiger partial charge in [0, 0.05) is 19.6 Å². The van der Waals surface area contributed by atoms with Crippen LogP contribution >= 0.6 is 0 Å². The molecular formula is C15H27N3O3. The van der Waals surface area contributed by atoms with E-state index in [4.69, 9.17) is 15.2 Å². The minimum absolute atomic E-state index is 0.229. The summed E-state index contributed by atoms with van der Waals surface area (Å²) in [4.78, 5) is 16.1. The number of unbranched alkanes of at least 4 members (excludes halogenated alkanes) is 1. The molecular weight excluding hydrogens is 270 g/mol. The van der Waals surface area contributed by atoms with Crippen LogP contribution < -0.4 is 5.73 Å². The highest BCUT2D eigenvalue weighted by Crippen LogP contribution is 2.17. The third-order valence-electron chi connectivity index (χ3n) is 3.10. The smallest absolute Gasteiger partial charge is 0.360 e. The molecule has 0 radical (unpaired) electrons. The lowest BCUT2D eigenvalue weighted by Gasteiger charge is -2.10. The van der Waals surface area contributed by atoms with Crippen molar-refractivity contribution < 1.29 is 14.3 Å². The van der Waals surface area contributed by atoms with Gasteiger partial charge < -0.3 is 19.8 Å². The molecule has 0 saturated carbocycles. The van der Waals surface area contributed by atoms with Crippen molar-refractivity contribution in [3.8, 4) is 0 Å². The number of hydrogen-bond donors (Lipinski definition) is 1. The van der Waals surface area contributed by atoms with Crippen LogP contribution in [-0.4, -0.2) is 34.8 Å². The van der Waals surface area contributed by atoms with Crippen molar-refractivity contribution in [2.75, 3.05) is 18.9 Å². The van der Waals surface area contributed by atoms with Crippen molar-refractivity contribution in [3.05, 3.63) is 11.5 Å². The largest absolute Gasteiger partial charge is 0.461 e. The third kappa shape index (κ3) is 5.04. The van der Waals surface area contributed by atoms with Gasteiger partial charge in [-0.1, -0.05) is 6.92 Å². The molecule has 0 atom stereocenters. The molecule has 6 heteroatoms. The maximum atomic E-state index is 11.8. The van der Waals surface area contributed by atoms with Crippen LogP contribution in [-0.2, 0) is 22.4 Å². The van der Waals surface area contributed by atoms with Crippen LogP contribution in [0.2, 0.25) is 0 Å². The van der Waals surface area contributed by atoms with Gasteiger partial charge in [0.1, 0.15) is 11.6 Å². The predicted molar refractivity (Wildman–Crippen MR) is 82.3 cm³/mol. The van der Waals surface area contributed by atoms with Crippen LogP contribution in [0, 0.1) is 0 Å². The lowest BCUT2D eigenvalue weighted by molar-refractivity contribution is 0.0521. The van der Waals surface area contributed by atoms with Crippen molar-refractivity contribution in [1.29, 1.82) is 0 Å². The molecule has 0 aromatic carbocycles. The number of anilines is 1. The molecule has 0 aliphatic carbocycles. The van der Waals surface area contributed by atoms with E-state index in [2.05, 4.69) is 4.98 Å². The molecule has 21 heavy (non-hydrogen) atoms. The Hall–Kier alpha value is -1.56. The van der Waals surface area contributed by atoms with E-state index in [1.807, 2.05) is 25.3 Å². The highest BCUT2D eigenvalue weighted by atomic mass is 16.5. The second-order valence-corrected chi connectivity index (χ2v) is 5.11. The fourth-order valence-electron chi connectivity index (χ4n) is 2.07. The second kappa shape index (κ2) is 8.67. The number of nitrogen functional groups attached to an aromatic ring is 1. The van der Waals surface area contributed by atoms with Gasteiger partial charge in [-0.2, -0.15) is 0 Å². The van der Waals surface area contributed by atoms with E-state index < -0.39 is 5.97 Å². The molecule has 1 heterocycles. The second-order valence-electron chi connectivity index (χ2n) is 5.11. The number of hydrogen-bond acceptors (Lipinski definition) is 5. The van der Waals surface area contributed by atoms with Gasteiger partial charge in [0.05, 0.1) is 12.7 Å². The number of carbonyl (C=O) groups excluding carboxylic acids is 1. The van der Waals surface area contributed by atoms with Crippen molar-refractivity contribution in [2.45, 2.75) is 59.6 Å². The average molecular weight is 297 g/mol.